The largest absolute Gasteiger partial charge is 0.493 e. The zero-order valence-corrected chi connectivity index (χ0v) is 12.9. The molecule has 0 saturated carbocycles. The number of nitrogens with two attached hydrogens (primary N) is 1. The SMILES string of the molecule is NC(=S)c1cccc(S(=O)(=O)CCOc2ccccc2)c1. The Balaban J connectivity index is 2.05. The van der Waals surface area contributed by atoms with Crippen LogP contribution in [0.5, 0.6) is 5.75 Å². The van der Waals surface area contributed by atoms with Gasteiger partial charge in [-0.15, -0.1) is 0 Å². The summed E-state index contributed by atoms with van der Waals surface area (Å²) in [6.07, 6.45) is 0. The molecule has 2 N–H and O–H groups in total. The van der Waals surface area contributed by atoms with E-state index in [1.165, 1.54) is 12.1 Å². The third-order valence-corrected chi connectivity index (χ3v) is 4.75. The van der Waals surface area contributed by atoms with E-state index in [1.807, 2.05) is 18.2 Å². The van der Waals surface area contributed by atoms with Crippen LogP contribution in [-0.2, 0) is 9.84 Å². The van der Waals surface area contributed by atoms with Crippen LogP contribution in [0, 0.1) is 0 Å². The Morgan fingerprint density at radius 2 is 1.81 bits per heavy atom. The van der Waals surface area contributed by atoms with Crippen molar-refractivity contribution >= 4 is 27.0 Å². The van der Waals surface area contributed by atoms with Crippen molar-refractivity contribution in [2.24, 2.45) is 5.73 Å². The maximum absolute atomic E-state index is 12.2. The molecule has 0 unspecified atom stereocenters. The predicted molar refractivity (Wildman–Crippen MR) is 86.3 cm³/mol. The summed E-state index contributed by atoms with van der Waals surface area (Å²) in [7, 11) is -3.43. The van der Waals surface area contributed by atoms with E-state index in [1.54, 1.807) is 24.3 Å². The second kappa shape index (κ2) is 6.69. The molecule has 110 valence electrons. The summed E-state index contributed by atoms with van der Waals surface area (Å²) in [5.74, 6) is 0.535. The third-order valence-electron chi connectivity index (χ3n) is 2.84. The molecular weight excluding hydrogens is 306 g/mol. The number of ether oxygens (including phenoxy) is 1. The fraction of sp³-hybridized carbons (Fsp3) is 0.133. The van der Waals surface area contributed by atoms with Crippen molar-refractivity contribution in [2.45, 2.75) is 4.90 Å². The third kappa shape index (κ3) is 4.27. The fourth-order valence-electron chi connectivity index (χ4n) is 1.75. The van der Waals surface area contributed by atoms with Crippen molar-refractivity contribution in [3.8, 4) is 5.75 Å². The minimum absolute atomic E-state index is 0.0870. The number of hydrogen-bond acceptors (Lipinski definition) is 4. The first-order chi connectivity index (χ1) is 9.99. The molecule has 0 aliphatic rings. The van der Waals surface area contributed by atoms with Crippen LogP contribution >= 0.6 is 12.2 Å². The number of hydrogen-bond donors (Lipinski definition) is 1. The van der Waals surface area contributed by atoms with E-state index in [2.05, 4.69) is 0 Å². The van der Waals surface area contributed by atoms with Gasteiger partial charge in [0.1, 0.15) is 17.3 Å². The second-order valence-corrected chi connectivity index (χ2v) is 6.92. The topological polar surface area (TPSA) is 69.4 Å². The minimum atomic E-state index is -3.43. The average molecular weight is 321 g/mol. The van der Waals surface area contributed by atoms with Crippen molar-refractivity contribution in [3.05, 3.63) is 60.2 Å². The first-order valence-electron chi connectivity index (χ1n) is 6.29. The molecule has 0 aliphatic carbocycles. The van der Waals surface area contributed by atoms with Crippen LogP contribution in [0.1, 0.15) is 5.56 Å². The molecule has 2 aromatic carbocycles. The molecule has 0 atom stereocenters. The Kier molecular flexibility index (Phi) is 4.93. The summed E-state index contributed by atoms with van der Waals surface area (Å²) in [6, 6.07) is 15.4. The van der Waals surface area contributed by atoms with Crippen LogP contribution < -0.4 is 10.5 Å². The highest BCUT2D eigenvalue weighted by atomic mass is 32.2. The van der Waals surface area contributed by atoms with E-state index < -0.39 is 9.84 Å². The quantitative estimate of drug-likeness (QED) is 0.826. The fourth-order valence-corrected chi connectivity index (χ4v) is 3.00. The molecule has 4 nitrogen and oxygen atoms in total. The number of para-hydroxylation sites is 1. The van der Waals surface area contributed by atoms with E-state index in [0.29, 0.717) is 11.3 Å². The molecule has 0 fully saturated rings. The molecule has 0 amide bonds. The smallest absolute Gasteiger partial charge is 0.181 e. The van der Waals surface area contributed by atoms with Crippen molar-refractivity contribution in [1.82, 2.24) is 0 Å². The lowest BCUT2D eigenvalue weighted by atomic mass is 10.2. The highest BCUT2D eigenvalue weighted by molar-refractivity contribution is 7.91. The summed E-state index contributed by atoms with van der Waals surface area (Å²) >= 11 is 4.85. The zero-order chi connectivity index (χ0) is 15.3. The number of thiocarbonyl (C=S) groups is 1. The lowest BCUT2D eigenvalue weighted by Gasteiger charge is -2.08. The molecule has 0 saturated heterocycles. The first kappa shape index (κ1) is 15.5. The lowest BCUT2D eigenvalue weighted by molar-refractivity contribution is 0.341. The molecule has 0 spiro atoms. The standard InChI is InChI=1S/C15H15NO3S2/c16-15(20)12-5-4-8-14(11-12)21(17,18)10-9-19-13-6-2-1-3-7-13/h1-8,11H,9-10H2,(H2,16,20). The van der Waals surface area contributed by atoms with Crippen LogP contribution in [0.3, 0.4) is 0 Å². The van der Waals surface area contributed by atoms with Gasteiger partial charge in [-0.1, -0.05) is 42.5 Å². The molecular formula is C15H15NO3S2. The summed E-state index contributed by atoms with van der Waals surface area (Å²) in [6.45, 7) is 0.0870. The van der Waals surface area contributed by atoms with E-state index >= 15 is 0 Å². The molecule has 6 heteroatoms. The van der Waals surface area contributed by atoms with Gasteiger partial charge < -0.3 is 10.5 Å². The van der Waals surface area contributed by atoms with Crippen molar-refractivity contribution in [3.63, 3.8) is 0 Å². The first-order valence-corrected chi connectivity index (χ1v) is 8.35. The Bertz CT molecular complexity index is 728. The van der Waals surface area contributed by atoms with E-state index in [0.717, 1.165) is 0 Å². The van der Waals surface area contributed by atoms with Crippen molar-refractivity contribution in [2.75, 3.05) is 12.4 Å². The zero-order valence-electron chi connectivity index (χ0n) is 11.2. The maximum Gasteiger partial charge on any atom is 0.181 e. The van der Waals surface area contributed by atoms with Gasteiger partial charge in [-0.05, 0) is 24.3 Å². The van der Waals surface area contributed by atoms with Gasteiger partial charge >= 0.3 is 0 Å². The van der Waals surface area contributed by atoms with E-state index in [4.69, 9.17) is 22.7 Å². The number of benzene rings is 2. The molecule has 2 aromatic rings. The van der Waals surface area contributed by atoms with Gasteiger partial charge in [0.2, 0.25) is 0 Å². The Hall–Kier alpha value is -1.92. The van der Waals surface area contributed by atoms with Gasteiger partial charge in [0.25, 0.3) is 0 Å². The number of rotatable bonds is 6. The monoisotopic (exact) mass is 321 g/mol. The summed E-state index contributed by atoms with van der Waals surface area (Å²) < 4.78 is 29.9. The van der Waals surface area contributed by atoms with Gasteiger partial charge in [0, 0.05) is 5.56 Å². The predicted octanol–water partition coefficient (Wildman–Crippen LogP) is 2.17. The van der Waals surface area contributed by atoms with Gasteiger partial charge in [-0.3, -0.25) is 0 Å². The molecule has 0 aromatic heterocycles. The summed E-state index contributed by atoms with van der Waals surface area (Å²) in [4.78, 5) is 0.372. The summed E-state index contributed by atoms with van der Waals surface area (Å²) in [5, 5.41) is 0. The molecule has 2 rings (SSSR count). The molecule has 0 heterocycles. The van der Waals surface area contributed by atoms with Gasteiger partial charge in [0.15, 0.2) is 9.84 Å². The Labute approximate surface area is 129 Å². The normalized spacial score (nSPS) is 11.0. The highest BCUT2D eigenvalue weighted by Gasteiger charge is 2.15. The van der Waals surface area contributed by atoms with Gasteiger partial charge in [-0.25, -0.2) is 8.42 Å². The van der Waals surface area contributed by atoms with Crippen LogP contribution in [0.15, 0.2) is 59.5 Å². The Morgan fingerprint density at radius 1 is 1.10 bits per heavy atom. The van der Waals surface area contributed by atoms with E-state index in [9.17, 15) is 8.42 Å². The summed E-state index contributed by atoms with van der Waals surface area (Å²) in [5.41, 5.74) is 6.05. The van der Waals surface area contributed by atoms with Crippen LogP contribution in [0.4, 0.5) is 0 Å². The average Bonchev–Trinajstić information content (AvgIpc) is 2.48. The minimum Gasteiger partial charge on any atom is -0.493 e. The maximum atomic E-state index is 12.2. The van der Waals surface area contributed by atoms with Crippen LogP contribution in [0.2, 0.25) is 0 Å². The van der Waals surface area contributed by atoms with Gasteiger partial charge in [0.05, 0.1) is 10.6 Å². The van der Waals surface area contributed by atoms with Crippen LogP contribution in [0.25, 0.3) is 0 Å². The molecule has 0 bridgehead atoms. The lowest BCUT2D eigenvalue weighted by Crippen LogP contribution is -2.16. The second-order valence-electron chi connectivity index (χ2n) is 4.37. The van der Waals surface area contributed by atoms with Gasteiger partial charge in [-0.2, -0.15) is 0 Å². The molecule has 0 aliphatic heterocycles. The van der Waals surface area contributed by atoms with Crippen molar-refractivity contribution in [1.29, 1.82) is 0 Å². The number of sulfone groups is 1. The Morgan fingerprint density at radius 3 is 2.48 bits per heavy atom. The van der Waals surface area contributed by atoms with Crippen LogP contribution in [-0.4, -0.2) is 25.8 Å². The highest BCUT2D eigenvalue weighted by Crippen LogP contribution is 2.14. The molecule has 21 heavy (non-hydrogen) atoms. The van der Waals surface area contributed by atoms with E-state index in [-0.39, 0.29) is 22.2 Å². The van der Waals surface area contributed by atoms with Crippen molar-refractivity contribution < 1.29 is 13.2 Å². The molecule has 0 radical (unpaired) electrons.